The van der Waals surface area contributed by atoms with Gasteiger partial charge in [-0.15, -0.1) is 0 Å². The van der Waals surface area contributed by atoms with Crippen LogP contribution in [0.25, 0.3) is 0 Å². The predicted molar refractivity (Wildman–Crippen MR) is 64.9 cm³/mol. The van der Waals surface area contributed by atoms with Gasteiger partial charge in [0.05, 0.1) is 12.7 Å². The molecule has 0 bridgehead atoms. The van der Waals surface area contributed by atoms with Gasteiger partial charge in [-0.05, 0) is 30.6 Å². The highest BCUT2D eigenvalue weighted by Crippen LogP contribution is 2.35. The zero-order chi connectivity index (χ0) is 10.6. The third-order valence-electron chi connectivity index (χ3n) is 3.38. The monoisotopic (exact) mass is 216 g/mol. The average molecular weight is 216 g/mol. The third-order valence-corrected chi connectivity index (χ3v) is 3.57. The highest BCUT2D eigenvalue weighted by molar-refractivity contribution is 7.80. The number of hydrogen-bond donors (Lipinski definition) is 1. The Kier molecular flexibility index (Phi) is 5.32. The van der Waals surface area contributed by atoms with Crippen molar-refractivity contribution in [1.29, 1.82) is 0 Å². The van der Waals surface area contributed by atoms with Crippen LogP contribution in [0.5, 0.6) is 0 Å². The maximum Gasteiger partial charge on any atom is 0.0608 e. The Bertz CT molecular complexity index is 158. The first-order valence-electron chi connectivity index (χ1n) is 5.87. The summed E-state index contributed by atoms with van der Waals surface area (Å²) < 4.78 is 5.90. The third kappa shape index (κ3) is 3.47. The van der Waals surface area contributed by atoms with Crippen LogP contribution >= 0.6 is 12.6 Å². The molecule has 0 amide bonds. The van der Waals surface area contributed by atoms with Crippen molar-refractivity contribution in [2.75, 3.05) is 12.4 Å². The van der Waals surface area contributed by atoms with Crippen LogP contribution in [0, 0.1) is 17.8 Å². The van der Waals surface area contributed by atoms with Crippen LogP contribution in [-0.4, -0.2) is 18.5 Å². The van der Waals surface area contributed by atoms with E-state index in [1.54, 1.807) is 0 Å². The van der Waals surface area contributed by atoms with Crippen LogP contribution < -0.4 is 0 Å². The van der Waals surface area contributed by atoms with E-state index in [2.05, 4.69) is 33.4 Å². The van der Waals surface area contributed by atoms with Crippen molar-refractivity contribution in [2.24, 2.45) is 17.8 Å². The van der Waals surface area contributed by atoms with Crippen molar-refractivity contribution in [1.82, 2.24) is 0 Å². The largest absolute Gasteiger partial charge is 0.377 e. The Morgan fingerprint density at radius 2 is 2.07 bits per heavy atom. The van der Waals surface area contributed by atoms with E-state index in [4.69, 9.17) is 4.74 Å². The first-order chi connectivity index (χ1) is 6.65. The lowest BCUT2D eigenvalue weighted by Crippen LogP contribution is -2.34. The standard InChI is InChI=1S/C12H24OS/c1-9(2)11-5-4-10(3)8-12(11)13-6-7-14/h9-12,14H,4-8H2,1-3H3/t10-,11+,12-/m1/s1. The van der Waals surface area contributed by atoms with Crippen LogP contribution in [0.3, 0.4) is 0 Å². The molecule has 84 valence electrons. The molecule has 0 unspecified atom stereocenters. The quantitative estimate of drug-likeness (QED) is 0.709. The summed E-state index contributed by atoms with van der Waals surface area (Å²) in [7, 11) is 0. The summed E-state index contributed by atoms with van der Waals surface area (Å²) in [6.07, 6.45) is 4.46. The number of rotatable bonds is 4. The topological polar surface area (TPSA) is 9.23 Å². The van der Waals surface area contributed by atoms with Crippen LogP contribution in [-0.2, 0) is 4.74 Å². The van der Waals surface area contributed by atoms with Crippen molar-refractivity contribution in [3.05, 3.63) is 0 Å². The molecule has 0 aromatic rings. The molecule has 0 spiro atoms. The molecule has 1 rings (SSSR count). The Morgan fingerprint density at radius 1 is 1.36 bits per heavy atom. The summed E-state index contributed by atoms with van der Waals surface area (Å²) in [6, 6.07) is 0. The second-order valence-corrected chi connectivity index (χ2v) is 5.41. The first-order valence-corrected chi connectivity index (χ1v) is 6.50. The van der Waals surface area contributed by atoms with Crippen molar-refractivity contribution in [2.45, 2.75) is 46.1 Å². The Morgan fingerprint density at radius 3 is 2.64 bits per heavy atom. The average Bonchev–Trinajstić information content (AvgIpc) is 2.14. The minimum Gasteiger partial charge on any atom is -0.377 e. The molecule has 14 heavy (non-hydrogen) atoms. The van der Waals surface area contributed by atoms with Crippen LogP contribution in [0.15, 0.2) is 0 Å². The van der Waals surface area contributed by atoms with Crippen molar-refractivity contribution in [3.8, 4) is 0 Å². The molecule has 0 radical (unpaired) electrons. The molecule has 0 heterocycles. The van der Waals surface area contributed by atoms with Crippen molar-refractivity contribution in [3.63, 3.8) is 0 Å². The normalized spacial score (nSPS) is 33.6. The van der Waals surface area contributed by atoms with Gasteiger partial charge in [-0.3, -0.25) is 0 Å². The van der Waals surface area contributed by atoms with Gasteiger partial charge in [0.25, 0.3) is 0 Å². The lowest BCUT2D eigenvalue weighted by atomic mass is 9.75. The van der Waals surface area contributed by atoms with E-state index < -0.39 is 0 Å². The Hall–Kier alpha value is 0.310. The van der Waals surface area contributed by atoms with E-state index in [9.17, 15) is 0 Å². The smallest absolute Gasteiger partial charge is 0.0608 e. The molecule has 2 heteroatoms. The summed E-state index contributed by atoms with van der Waals surface area (Å²) in [5.41, 5.74) is 0. The fourth-order valence-corrected chi connectivity index (χ4v) is 2.62. The van der Waals surface area contributed by atoms with Crippen molar-refractivity contribution < 1.29 is 4.74 Å². The van der Waals surface area contributed by atoms with Gasteiger partial charge in [-0.2, -0.15) is 12.6 Å². The maximum atomic E-state index is 5.90. The zero-order valence-corrected chi connectivity index (χ0v) is 10.6. The molecule has 0 aromatic heterocycles. The fourth-order valence-electron chi connectivity index (χ4n) is 2.51. The lowest BCUT2D eigenvalue weighted by molar-refractivity contribution is -0.0315. The highest BCUT2D eigenvalue weighted by atomic mass is 32.1. The molecule has 1 nitrogen and oxygen atoms in total. The zero-order valence-electron chi connectivity index (χ0n) is 9.70. The van der Waals surface area contributed by atoms with Crippen LogP contribution in [0.1, 0.15) is 40.0 Å². The summed E-state index contributed by atoms with van der Waals surface area (Å²) in [4.78, 5) is 0. The molecular formula is C12H24OS. The van der Waals surface area contributed by atoms with Gasteiger partial charge in [0.2, 0.25) is 0 Å². The van der Waals surface area contributed by atoms with Gasteiger partial charge >= 0.3 is 0 Å². The van der Waals surface area contributed by atoms with E-state index in [0.717, 1.165) is 30.1 Å². The van der Waals surface area contributed by atoms with E-state index in [-0.39, 0.29) is 0 Å². The molecule has 0 N–H and O–H groups in total. The van der Waals surface area contributed by atoms with E-state index >= 15 is 0 Å². The molecule has 1 saturated carbocycles. The van der Waals surface area contributed by atoms with E-state index in [1.807, 2.05) is 0 Å². The SMILES string of the molecule is CC(C)[C@@H]1CC[C@@H](C)C[C@H]1OCCS. The summed E-state index contributed by atoms with van der Waals surface area (Å²) in [5, 5.41) is 0. The predicted octanol–water partition coefficient (Wildman–Crippen LogP) is 3.39. The van der Waals surface area contributed by atoms with Gasteiger partial charge in [-0.1, -0.05) is 27.2 Å². The first kappa shape index (κ1) is 12.4. The van der Waals surface area contributed by atoms with Gasteiger partial charge in [0.15, 0.2) is 0 Å². The molecule has 3 atom stereocenters. The van der Waals surface area contributed by atoms with Crippen LogP contribution in [0.4, 0.5) is 0 Å². The molecule has 0 saturated heterocycles. The van der Waals surface area contributed by atoms with Crippen LogP contribution in [0.2, 0.25) is 0 Å². The van der Waals surface area contributed by atoms with Crippen molar-refractivity contribution >= 4 is 12.6 Å². The molecule has 0 aliphatic heterocycles. The lowest BCUT2D eigenvalue weighted by Gasteiger charge is -2.37. The fraction of sp³-hybridized carbons (Fsp3) is 1.00. The summed E-state index contributed by atoms with van der Waals surface area (Å²) in [6.45, 7) is 7.78. The summed E-state index contributed by atoms with van der Waals surface area (Å²) in [5.74, 6) is 3.21. The molecule has 0 aromatic carbocycles. The minimum atomic E-state index is 0.492. The van der Waals surface area contributed by atoms with Gasteiger partial charge < -0.3 is 4.74 Å². The molecule has 1 aliphatic carbocycles. The van der Waals surface area contributed by atoms with E-state index in [1.165, 1.54) is 19.3 Å². The maximum absolute atomic E-state index is 5.90. The summed E-state index contributed by atoms with van der Waals surface area (Å²) >= 11 is 4.20. The molecule has 1 fully saturated rings. The van der Waals surface area contributed by atoms with Gasteiger partial charge in [-0.25, -0.2) is 0 Å². The minimum absolute atomic E-state index is 0.492. The molecule has 1 aliphatic rings. The van der Waals surface area contributed by atoms with Gasteiger partial charge in [0.1, 0.15) is 0 Å². The number of thiol groups is 1. The second-order valence-electron chi connectivity index (χ2n) is 4.96. The molecular weight excluding hydrogens is 192 g/mol. The second kappa shape index (κ2) is 6.02. The number of hydrogen-bond acceptors (Lipinski definition) is 2. The highest BCUT2D eigenvalue weighted by Gasteiger charge is 2.30. The van der Waals surface area contributed by atoms with E-state index in [0.29, 0.717) is 6.10 Å². The number of ether oxygens (including phenoxy) is 1. The Labute approximate surface area is 94.0 Å². The Balaban J connectivity index is 2.45. The van der Waals surface area contributed by atoms with Gasteiger partial charge in [0, 0.05) is 5.75 Å².